The summed E-state index contributed by atoms with van der Waals surface area (Å²) >= 11 is 7.52. The summed E-state index contributed by atoms with van der Waals surface area (Å²) in [6.07, 6.45) is 4.89. The molecule has 126 valence electrons. The van der Waals surface area contributed by atoms with E-state index >= 15 is 0 Å². The molecule has 4 N–H and O–H groups in total. The summed E-state index contributed by atoms with van der Waals surface area (Å²) in [7, 11) is 0. The largest absolute Gasteiger partial charge is 0.368 e. The summed E-state index contributed by atoms with van der Waals surface area (Å²) in [5.41, 5.74) is 6.01. The van der Waals surface area contributed by atoms with Gasteiger partial charge in [-0.2, -0.15) is 0 Å². The van der Waals surface area contributed by atoms with Crippen molar-refractivity contribution in [3.63, 3.8) is 0 Å². The average Bonchev–Trinajstić information content (AvgIpc) is 2.52. The van der Waals surface area contributed by atoms with E-state index in [0.717, 1.165) is 0 Å². The van der Waals surface area contributed by atoms with Gasteiger partial charge in [0.15, 0.2) is 11.5 Å². The Morgan fingerprint density at radius 3 is 2.71 bits per heavy atom. The maximum atomic E-state index is 11.7. The lowest BCUT2D eigenvalue weighted by Gasteiger charge is -2.15. The number of hydrogen-bond acceptors (Lipinski definition) is 7. The van der Waals surface area contributed by atoms with Gasteiger partial charge in [0.2, 0.25) is 9.70 Å². The predicted octanol–water partition coefficient (Wildman–Crippen LogP) is 2.52. The number of hydrogen-bond donors (Lipinski definition) is 3. The Kier molecular flexibility index (Phi) is 6.26. The van der Waals surface area contributed by atoms with E-state index in [1.807, 2.05) is 6.92 Å². The molecule has 10 heteroatoms. The highest BCUT2D eigenvalue weighted by Crippen LogP contribution is 2.23. The van der Waals surface area contributed by atoms with Crippen molar-refractivity contribution in [2.75, 3.05) is 10.6 Å². The lowest BCUT2D eigenvalue weighted by Crippen LogP contribution is -2.35. The Morgan fingerprint density at radius 1 is 1.38 bits per heavy atom. The van der Waals surface area contributed by atoms with Gasteiger partial charge in [-0.1, -0.05) is 18.5 Å². The first kappa shape index (κ1) is 18.3. The van der Waals surface area contributed by atoms with Crippen molar-refractivity contribution in [1.29, 1.82) is 0 Å². The molecular weight excluding hydrogens is 447 g/mol. The van der Waals surface area contributed by atoms with Gasteiger partial charge in [-0.05, 0) is 12.5 Å². The van der Waals surface area contributed by atoms with Crippen LogP contribution >= 0.6 is 34.2 Å². The molecule has 2 heterocycles. The van der Waals surface area contributed by atoms with Crippen LogP contribution in [0, 0.1) is 0 Å². The molecule has 0 aliphatic rings. The number of nitrogens with one attached hydrogen (secondary N) is 2. The summed E-state index contributed by atoms with van der Waals surface area (Å²) < 4.78 is -0.286. The van der Waals surface area contributed by atoms with Crippen molar-refractivity contribution in [2.24, 2.45) is 5.73 Å². The molecule has 0 bridgehead atoms. The van der Waals surface area contributed by atoms with Gasteiger partial charge in [0, 0.05) is 28.8 Å². The molecule has 0 saturated carbocycles. The molecule has 2 rings (SSSR count). The van der Waals surface area contributed by atoms with Crippen LogP contribution in [0.3, 0.4) is 0 Å². The van der Waals surface area contributed by atoms with Gasteiger partial charge in [0.25, 0.3) is 0 Å². The average molecular weight is 461 g/mol. The van der Waals surface area contributed by atoms with Crippen molar-refractivity contribution in [1.82, 2.24) is 15.0 Å². The van der Waals surface area contributed by atoms with Crippen molar-refractivity contribution >= 4 is 61.2 Å². The first-order valence-corrected chi connectivity index (χ1v) is 8.36. The number of nitrogens with two attached hydrogens (primary N) is 1. The van der Waals surface area contributed by atoms with Gasteiger partial charge in [-0.3, -0.25) is 14.6 Å². The lowest BCUT2D eigenvalue weighted by molar-refractivity contribution is -0.118. The molecule has 1 atom stereocenters. The van der Waals surface area contributed by atoms with E-state index < -0.39 is 11.9 Å². The fourth-order valence-electron chi connectivity index (χ4n) is 1.86. The number of halogens is 2. The minimum atomic E-state index is -0.582. The van der Waals surface area contributed by atoms with Gasteiger partial charge in [0.1, 0.15) is 11.9 Å². The lowest BCUT2D eigenvalue weighted by atomic mass is 10.2. The number of amides is 1. The first-order chi connectivity index (χ1) is 11.4. The summed E-state index contributed by atoms with van der Waals surface area (Å²) in [5.74, 6) is 0.0456. The fourth-order valence-corrected chi connectivity index (χ4v) is 2.43. The van der Waals surface area contributed by atoms with E-state index in [-0.39, 0.29) is 15.3 Å². The normalized spacial score (nSPS) is 11.6. The van der Waals surface area contributed by atoms with Crippen LogP contribution in [-0.2, 0) is 4.79 Å². The van der Waals surface area contributed by atoms with Crippen LogP contribution in [0.2, 0.25) is 5.02 Å². The number of aromatic nitrogens is 3. The number of rotatable bonds is 7. The Morgan fingerprint density at radius 2 is 2.12 bits per heavy atom. The number of pyridine rings is 1. The number of carbonyl (C=O) groups is 2. The van der Waals surface area contributed by atoms with E-state index in [1.54, 1.807) is 28.7 Å². The third-order valence-electron chi connectivity index (χ3n) is 3.00. The Balaban J connectivity index is 2.34. The van der Waals surface area contributed by atoms with Crippen molar-refractivity contribution in [3.8, 4) is 0 Å². The highest BCUT2D eigenvalue weighted by atomic mass is 127. The third-order valence-corrected chi connectivity index (χ3v) is 3.72. The van der Waals surface area contributed by atoms with Crippen LogP contribution in [0.25, 0.3) is 0 Å². The second-order valence-electron chi connectivity index (χ2n) is 4.75. The number of nitrogens with zero attached hydrogens (tertiary/aromatic N) is 3. The number of carbonyl (C=O) groups excluding carboxylic acids is 2. The van der Waals surface area contributed by atoms with Crippen LogP contribution < -0.4 is 16.4 Å². The Bertz CT molecular complexity index is 773. The number of primary amides is 1. The zero-order valence-electron chi connectivity index (χ0n) is 12.6. The molecular formula is C14H14ClIN6O2. The molecule has 2 aromatic heterocycles. The van der Waals surface area contributed by atoms with Crippen molar-refractivity contribution < 1.29 is 9.59 Å². The van der Waals surface area contributed by atoms with E-state index in [2.05, 4.69) is 25.6 Å². The molecule has 1 amide bonds. The van der Waals surface area contributed by atoms with Gasteiger partial charge in [0.05, 0.1) is 23.1 Å². The summed E-state index contributed by atoms with van der Waals surface area (Å²) in [6, 6.07) is 1.05. The second kappa shape index (κ2) is 8.20. The molecule has 0 saturated heterocycles. The molecule has 0 radical (unpaired) electrons. The quantitative estimate of drug-likeness (QED) is 0.428. The van der Waals surface area contributed by atoms with Crippen LogP contribution in [0.5, 0.6) is 0 Å². The molecule has 8 nitrogen and oxygen atoms in total. The van der Waals surface area contributed by atoms with Gasteiger partial charge in [-0.15, -0.1) is 0 Å². The van der Waals surface area contributed by atoms with Crippen molar-refractivity contribution in [2.45, 2.75) is 19.4 Å². The summed E-state index contributed by atoms with van der Waals surface area (Å²) in [4.78, 5) is 35.4. The zero-order valence-corrected chi connectivity index (χ0v) is 15.5. The summed E-state index contributed by atoms with van der Waals surface area (Å²) in [6.45, 7) is 1.81. The van der Waals surface area contributed by atoms with E-state index in [9.17, 15) is 9.59 Å². The molecule has 0 unspecified atom stereocenters. The van der Waals surface area contributed by atoms with Crippen LogP contribution in [-0.4, -0.2) is 30.7 Å². The minimum absolute atomic E-state index is 0.147. The molecule has 24 heavy (non-hydrogen) atoms. The predicted molar refractivity (Wildman–Crippen MR) is 99.8 cm³/mol. The van der Waals surface area contributed by atoms with Gasteiger partial charge < -0.3 is 16.4 Å². The van der Waals surface area contributed by atoms with E-state index in [0.29, 0.717) is 22.9 Å². The Labute approximate surface area is 156 Å². The van der Waals surface area contributed by atoms with Gasteiger partial charge >= 0.3 is 0 Å². The smallest absolute Gasteiger partial charge is 0.244 e. The monoisotopic (exact) mass is 460 g/mol. The summed E-state index contributed by atoms with van der Waals surface area (Å²) in [5, 5.41) is 6.28. The van der Waals surface area contributed by atoms with Crippen molar-refractivity contribution in [3.05, 3.63) is 35.4 Å². The zero-order chi connectivity index (χ0) is 17.7. The SMILES string of the molecule is CC[C@@H](Nc1cnc(C(=O)I)c(Nc2cncc(Cl)c2)n1)C(N)=O. The molecule has 0 fully saturated rings. The molecule has 2 aromatic rings. The first-order valence-electron chi connectivity index (χ1n) is 6.91. The van der Waals surface area contributed by atoms with Crippen LogP contribution in [0.4, 0.5) is 17.3 Å². The highest BCUT2D eigenvalue weighted by molar-refractivity contribution is 14.1. The minimum Gasteiger partial charge on any atom is -0.368 e. The second-order valence-corrected chi connectivity index (χ2v) is 6.17. The fraction of sp³-hybridized carbons (Fsp3) is 0.214. The number of anilines is 3. The third kappa shape index (κ3) is 4.74. The highest BCUT2D eigenvalue weighted by Gasteiger charge is 2.17. The maximum Gasteiger partial charge on any atom is 0.244 e. The molecule has 0 aromatic carbocycles. The van der Waals surface area contributed by atoms with Crippen LogP contribution in [0.15, 0.2) is 24.7 Å². The van der Waals surface area contributed by atoms with E-state index in [4.69, 9.17) is 17.3 Å². The van der Waals surface area contributed by atoms with Gasteiger partial charge in [-0.25, -0.2) is 9.97 Å². The standard InChI is InChI=1S/C14H14ClIN6O2/c1-2-9(13(17)24)21-10-6-19-11(12(16)23)14(22-10)20-8-3-7(15)4-18-5-8/h3-6,9H,2H2,1H3,(H2,17,24)(H2,20,21,22)/t9-/m1/s1. The van der Waals surface area contributed by atoms with Crippen LogP contribution in [0.1, 0.15) is 23.8 Å². The Hall–Kier alpha value is -2.01. The topological polar surface area (TPSA) is 123 Å². The molecule has 0 aliphatic heterocycles. The maximum absolute atomic E-state index is 11.7. The molecule has 0 aliphatic carbocycles. The van der Waals surface area contributed by atoms with E-state index in [1.165, 1.54) is 18.6 Å². The molecule has 0 spiro atoms.